The van der Waals surface area contributed by atoms with E-state index in [1.165, 1.54) is 39.0 Å². The third-order valence-corrected chi connectivity index (χ3v) is 3.74. The van der Waals surface area contributed by atoms with E-state index >= 15 is 0 Å². The molecule has 0 aromatic rings. The molecule has 3 nitrogen and oxygen atoms in total. The number of piperazine rings is 1. The molecule has 3 heteroatoms. The van der Waals surface area contributed by atoms with Gasteiger partial charge >= 0.3 is 0 Å². The van der Waals surface area contributed by atoms with Gasteiger partial charge in [0.2, 0.25) is 0 Å². The summed E-state index contributed by atoms with van der Waals surface area (Å²) in [7, 11) is 2.22. The largest absolute Gasteiger partial charge is 0.312 e. The second-order valence-electron chi connectivity index (χ2n) is 5.48. The summed E-state index contributed by atoms with van der Waals surface area (Å²) in [5, 5.41) is 3.62. The Morgan fingerprint density at radius 1 is 1.07 bits per heavy atom. The van der Waals surface area contributed by atoms with E-state index < -0.39 is 0 Å². The van der Waals surface area contributed by atoms with Gasteiger partial charge in [0.1, 0.15) is 0 Å². The van der Waals surface area contributed by atoms with Crippen molar-refractivity contribution in [2.45, 2.75) is 44.8 Å². The van der Waals surface area contributed by atoms with Gasteiger partial charge in [0.25, 0.3) is 0 Å². The quantitative estimate of drug-likeness (QED) is 0.743. The van der Waals surface area contributed by atoms with Gasteiger partial charge in [-0.3, -0.25) is 4.90 Å². The number of rotatable bonds is 3. The van der Waals surface area contributed by atoms with Crippen LogP contribution in [0.15, 0.2) is 0 Å². The highest BCUT2D eigenvalue weighted by Crippen LogP contribution is 2.26. The van der Waals surface area contributed by atoms with Gasteiger partial charge in [-0.25, -0.2) is 0 Å². The third-order valence-electron chi connectivity index (χ3n) is 3.74. The van der Waals surface area contributed by atoms with Gasteiger partial charge in [-0.1, -0.05) is 13.8 Å². The molecule has 0 bridgehead atoms. The Hall–Kier alpha value is -0.120. The molecule has 0 unspecified atom stereocenters. The number of likely N-dealkylation sites (N-methyl/N-ethyl adjacent to an activating group) is 1. The maximum absolute atomic E-state index is 3.62. The van der Waals surface area contributed by atoms with Crippen LogP contribution in [-0.2, 0) is 0 Å². The summed E-state index contributed by atoms with van der Waals surface area (Å²) < 4.78 is 0. The van der Waals surface area contributed by atoms with Crippen molar-refractivity contribution < 1.29 is 0 Å². The Morgan fingerprint density at radius 2 is 1.67 bits per heavy atom. The van der Waals surface area contributed by atoms with Crippen LogP contribution < -0.4 is 5.32 Å². The molecular weight excluding hydrogens is 186 g/mol. The van der Waals surface area contributed by atoms with E-state index in [1.807, 2.05) is 0 Å². The van der Waals surface area contributed by atoms with Gasteiger partial charge in [-0.15, -0.1) is 0 Å². The van der Waals surface area contributed by atoms with E-state index in [2.05, 4.69) is 36.0 Å². The summed E-state index contributed by atoms with van der Waals surface area (Å²) in [6, 6.07) is 2.30. The first-order valence-corrected chi connectivity index (χ1v) is 6.34. The Kier molecular flexibility index (Phi) is 3.65. The summed E-state index contributed by atoms with van der Waals surface area (Å²) in [4.78, 5) is 5.11. The highest BCUT2D eigenvalue weighted by Gasteiger charge is 2.34. The summed E-state index contributed by atoms with van der Waals surface area (Å²) in [5.74, 6) is 0. The van der Waals surface area contributed by atoms with Gasteiger partial charge in [0, 0.05) is 44.3 Å². The highest BCUT2D eigenvalue weighted by molar-refractivity contribution is 4.93. The van der Waals surface area contributed by atoms with E-state index in [9.17, 15) is 0 Å². The molecule has 1 aliphatic heterocycles. The minimum atomic E-state index is 0.642. The standard InChI is InChI=1S/C12H25N3/c1-10(2)13-11-8-12(9-11)15-6-4-14(3)5-7-15/h10-13H,4-9H2,1-3H3. The fourth-order valence-corrected chi connectivity index (χ4v) is 2.68. The van der Waals surface area contributed by atoms with E-state index in [1.54, 1.807) is 0 Å². The molecule has 0 amide bonds. The second kappa shape index (κ2) is 4.81. The van der Waals surface area contributed by atoms with Crippen molar-refractivity contribution >= 4 is 0 Å². The van der Waals surface area contributed by atoms with Crippen LogP contribution in [0, 0.1) is 0 Å². The minimum Gasteiger partial charge on any atom is -0.312 e. The van der Waals surface area contributed by atoms with Crippen molar-refractivity contribution in [3.05, 3.63) is 0 Å². The fourth-order valence-electron chi connectivity index (χ4n) is 2.68. The molecule has 1 saturated carbocycles. The zero-order valence-electron chi connectivity index (χ0n) is 10.4. The van der Waals surface area contributed by atoms with Crippen LogP contribution in [0.2, 0.25) is 0 Å². The molecule has 88 valence electrons. The predicted molar refractivity (Wildman–Crippen MR) is 64.2 cm³/mol. The first-order chi connectivity index (χ1) is 7.15. The molecule has 2 rings (SSSR count). The lowest BCUT2D eigenvalue weighted by Crippen LogP contribution is -2.58. The molecule has 15 heavy (non-hydrogen) atoms. The number of hydrogen-bond donors (Lipinski definition) is 1. The van der Waals surface area contributed by atoms with E-state index in [0.717, 1.165) is 12.1 Å². The highest BCUT2D eigenvalue weighted by atomic mass is 15.3. The molecule has 0 radical (unpaired) electrons. The van der Waals surface area contributed by atoms with Crippen LogP contribution in [0.1, 0.15) is 26.7 Å². The third kappa shape index (κ3) is 2.92. The van der Waals surface area contributed by atoms with Crippen LogP contribution in [0.25, 0.3) is 0 Å². The first kappa shape index (κ1) is 11.4. The van der Waals surface area contributed by atoms with Crippen LogP contribution in [0.3, 0.4) is 0 Å². The van der Waals surface area contributed by atoms with Crippen molar-refractivity contribution in [1.82, 2.24) is 15.1 Å². The zero-order valence-corrected chi connectivity index (χ0v) is 10.4. The normalized spacial score (nSPS) is 34.4. The molecule has 1 N–H and O–H groups in total. The maximum Gasteiger partial charge on any atom is 0.0126 e. The maximum atomic E-state index is 3.62. The Labute approximate surface area is 93.8 Å². The number of nitrogens with one attached hydrogen (secondary N) is 1. The first-order valence-electron chi connectivity index (χ1n) is 6.34. The Bertz CT molecular complexity index is 191. The number of hydrogen-bond acceptors (Lipinski definition) is 3. The topological polar surface area (TPSA) is 18.5 Å². The van der Waals surface area contributed by atoms with Crippen LogP contribution in [0.5, 0.6) is 0 Å². The van der Waals surface area contributed by atoms with E-state index in [4.69, 9.17) is 0 Å². The van der Waals surface area contributed by atoms with Crippen molar-refractivity contribution in [3.63, 3.8) is 0 Å². The average Bonchev–Trinajstić information content (AvgIpc) is 2.12. The van der Waals surface area contributed by atoms with Gasteiger partial charge < -0.3 is 10.2 Å². The average molecular weight is 211 g/mol. The summed E-state index contributed by atoms with van der Waals surface area (Å²) in [5.41, 5.74) is 0. The lowest BCUT2D eigenvalue weighted by molar-refractivity contribution is 0.0512. The molecule has 0 spiro atoms. The van der Waals surface area contributed by atoms with Gasteiger partial charge in [0.15, 0.2) is 0 Å². The molecule has 1 aliphatic carbocycles. The summed E-state index contributed by atoms with van der Waals surface area (Å²) in [6.45, 7) is 9.52. The lowest BCUT2D eigenvalue weighted by atomic mass is 9.84. The zero-order chi connectivity index (χ0) is 10.8. The molecular formula is C12H25N3. The minimum absolute atomic E-state index is 0.642. The van der Waals surface area contributed by atoms with Crippen LogP contribution in [-0.4, -0.2) is 61.2 Å². The van der Waals surface area contributed by atoms with Crippen molar-refractivity contribution in [3.8, 4) is 0 Å². The fraction of sp³-hybridized carbons (Fsp3) is 1.00. The smallest absolute Gasteiger partial charge is 0.0126 e. The van der Waals surface area contributed by atoms with Crippen molar-refractivity contribution in [1.29, 1.82) is 0 Å². The summed E-state index contributed by atoms with van der Waals surface area (Å²) in [6.07, 6.45) is 2.73. The van der Waals surface area contributed by atoms with E-state index in [0.29, 0.717) is 6.04 Å². The molecule has 2 aliphatic rings. The molecule has 0 atom stereocenters. The molecule has 1 saturated heterocycles. The van der Waals surface area contributed by atoms with Gasteiger partial charge in [-0.2, -0.15) is 0 Å². The van der Waals surface area contributed by atoms with Crippen molar-refractivity contribution in [2.75, 3.05) is 33.2 Å². The Morgan fingerprint density at radius 3 is 2.20 bits per heavy atom. The predicted octanol–water partition coefficient (Wildman–Crippen LogP) is 0.763. The van der Waals surface area contributed by atoms with Gasteiger partial charge in [-0.05, 0) is 19.9 Å². The van der Waals surface area contributed by atoms with E-state index in [-0.39, 0.29) is 0 Å². The van der Waals surface area contributed by atoms with Crippen molar-refractivity contribution in [2.24, 2.45) is 0 Å². The second-order valence-corrected chi connectivity index (χ2v) is 5.48. The number of nitrogens with zero attached hydrogens (tertiary/aromatic N) is 2. The summed E-state index contributed by atoms with van der Waals surface area (Å²) >= 11 is 0. The molecule has 0 aromatic heterocycles. The SMILES string of the molecule is CC(C)NC1CC(N2CCN(C)CC2)C1. The Balaban J connectivity index is 1.66. The van der Waals surface area contributed by atoms with Crippen LogP contribution >= 0.6 is 0 Å². The lowest BCUT2D eigenvalue weighted by Gasteiger charge is -2.46. The molecule has 2 fully saturated rings. The monoisotopic (exact) mass is 211 g/mol. The van der Waals surface area contributed by atoms with Crippen LogP contribution in [0.4, 0.5) is 0 Å². The molecule has 0 aromatic carbocycles. The van der Waals surface area contributed by atoms with Gasteiger partial charge in [0.05, 0.1) is 0 Å². The molecule has 1 heterocycles.